The van der Waals surface area contributed by atoms with Gasteiger partial charge in [-0.05, 0) is 23.8 Å². The van der Waals surface area contributed by atoms with E-state index in [2.05, 4.69) is 24.9 Å². The number of ether oxygens (including phenoxy) is 2. The Morgan fingerprint density at radius 2 is 1.83 bits per heavy atom. The molecule has 1 aromatic carbocycles. The summed E-state index contributed by atoms with van der Waals surface area (Å²) in [6.07, 6.45) is 7.88. The minimum Gasteiger partial charge on any atom is -0.480 e. The maximum Gasteiger partial charge on any atom is 0.319 e. The molecule has 4 aromatic rings. The first-order valence-electron chi connectivity index (χ1n) is 8.61. The summed E-state index contributed by atoms with van der Waals surface area (Å²) in [5.74, 6) is 0.161. The van der Waals surface area contributed by atoms with Crippen molar-refractivity contribution in [2.75, 3.05) is 14.2 Å². The molecule has 4 rings (SSSR count). The molecule has 144 valence electrons. The van der Waals surface area contributed by atoms with Crippen LogP contribution in [-0.4, -0.2) is 49.5 Å². The third-order valence-corrected chi connectivity index (χ3v) is 4.15. The van der Waals surface area contributed by atoms with Gasteiger partial charge in [0.05, 0.1) is 19.8 Å². The zero-order chi connectivity index (χ0) is 20.2. The smallest absolute Gasteiger partial charge is 0.319 e. The number of hydrogen-bond acceptors (Lipinski definition) is 8. The first kappa shape index (κ1) is 18.2. The largest absolute Gasteiger partial charge is 0.480 e. The van der Waals surface area contributed by atoms with Gasteiger partial charge in [0.1, 0.15) is 12.0 Å². The predicted molar refractivity (Wildman–Crippen MR) is 103 cm³/mol. The van der Waals surface area contributed by atoms with E-state index in [0.29, 0.717) is 11.4 Å². The van der Waals surface area contributed by atoms with Crippen molar-refractivity contribution in [1.29, 1.82) is 0 Å². The van der Waals surface area contributed by atoms with Gasteiger partial charge in [-0.3, -0.25) is 4.79 Å². The van der Waals surface area contributed by atoms with Crippen LogP contribution in [0.2, 0.25) is 0 Å². The highest BCUT2D eigenvalue weighted by atomic mass is 16.5. The third-order valence-electron chi connectivity index (χ3n) is 4.15. The van der Waals surface area contributed by atoms with E-state index in [0.717, 1.165) is 11.3 Å². The van der Waals surface area contributed by atoms with Crippen LogP contribution >= 0.6 is 0 Å². The van der Waals surface area contributed by atoms with E-state index in [1.807, 2.05) is 24.3 Å². The maximum atomic E-state index is 12.5. The number of ketones is 1. The first-order valence-corrected chi connectivity index (χ1v) is 8.61. The highest BCUT2D eigenvalue weighted by Gasteiger charge is 2.16. The van der Waals surface area contributed by atoms with E-state index >= 15 is 0 Å². The molecule has 0 aliphatic rings. The van der Waals surface area contributed by atoms with Gasteiger partial charge in [-0.2, -0.15) is 4.98 Å². The summed E-state index contributed by atoms with van der Waals surface area (Å²) in [5, 5.41) is 0. The van der Waals surface area contributed by atoms with Crippen molar-refractivity contribution in [1.82, 2.24) is 29.5 Å². The number of benzene rings is 1. The second-order valence-corrected chi connectivity index (χ2v) is 5.90. The van der Waals surface area contributed by atoms with Crippen LogP contribution in [0.4, 0.5) is 0 Å². The lowest BCUT2D eigenvalue weighted by molar-refractivity contribution is 0.102. The fourth-order valence-electron chi connectivity index (χ4n) is 2.75. The molecular weight excluding hydrogens is 372 g/mol. The molecule has 0 aliphatic carbocycles. The Labute approximate surface area is 166 Å². The molecule has 0 amide bonds. The Morgan fingerprint density at radius 3 is 2.59 bits per heavy atom. The molecule has 0 unspecified atom stereocenters. The number of carbonyl (C=O) groups is 1. The molecule has 3 heterocycles. The Kier molecular flexibility index (Phi) is 4.93. The van der Waals surface area contributed by atoms with Crippen molar-refractivity contribution < 1.29 is 14.3 Å². The van der Waals surface area contributed by atoms with Gasteiger partial charge < -0.3 is 14.0 Å². The number of carbonyl (C=O) groups excluding carboxylic acids is 1. The molecule has 0 spiro atoms. The van der Waals surface area contributed by atoms with Crippen molar-refractivity contribution in [2.45, 2.75) is 0 Å². The van der Waals surface area contributed by atoms with E-state index in [4.69, 9.17) is 9.47 Å². The van der Waals surface area contributed by atoms with Crippen molar-refractivity contribution in [3.63, 3.8) is 0 Å². The minimum atomic E-state index is -0.342. The van der Waals surface area contributed by atoms with Gasteiger partial charge in [0, 0.05) is 30.5 Å². The number of nitrogens with zero attached hydrogens (tertiary/aromatic N) is 6. The van der Waals surface area contributed by atoms with E-state index in [-0.39, 0.29) is 23.3 Å². The summed E-state index contributed by atoms with van der Waals surface area (Å²) in [5.41, 5.74) is 2.62. The van der Waals surface area contributed by atoms with Crippen LogP contribution < -0.4 is 9.47 Å². The summed E-state index contributed by atoms with van der Waals surface area (Å²) < 4.78 is 12.2. The molecule has 9 nitrogen and oxygen atoms in total. The SMILES string of the molecule is COc1ncc(-c2cccc(-n3cnc(C(=O)c4ncccn4)c3)c2)c(OC)n1. The van der Waals surface area contributed by atoms with Crippen LogP contribution in [-0.2, 0) is 0 Å². The summed E-state index contributed by atoms with van der Waals surface area (Å²) in [7, 11) is 3.03. The van der Waals surface area contributed by atoms with Gasteiger partial charge in [0.15, 0.2) is 0 Å². The zero-order valence-electron chi connectivity index (χ0n) is 15.7. The fraction of sp³-hybridized carbons (Fsp3) is 0.100. The monoisotopic (exact) mass is 388 g/mol. The Morgan fingerprint density at radius 1 is 1.00 bits per heavy atom. The minimum absolute atomic E-state index is 0.103. The Bertz CT molecular complexity index is 1160. The Balaban J connectivity index is 1.67. The number of imidazole rings is 1. The van der Waals surface area contributed by atoms with Crippen LogP contribution in [0.25, 0.3) is 16.8 Å². The molecule has 0 saturated heterocycles. The van der Waals surface area contributed by atoms with E-state index in [9.17, 15) is 4.79 Å². The standard InChI is InChI=1S/C20H16N6O3/c1-28-19-15(10-23-20(25-19)29-2)13-5-3-6-14(9-13)26-11-16(24-12-26)17(27)18-21-7-4-8-22-18/h3-12H,1-2H3. The summed E-state index contributed by atoms with van der Waals surface area (Å²) in [6.45, 7) is 0. The van der Waals surface area contributed by atoms with Gasteiger partial charge in [-0.1, -0.05) is 12.1 Å². The van der Waals surface area contributed by atoms with Gasteiger partial charge >= 0.3 is 6.01 Å². The molecule has 29 heavy (non-hydrogen) atoms. The van der Waals surface area contributed by atoms with Crippen LogP contribution in [0.15, 0.2) is 61.4 Å². The molecule has 3 aromatic heterocycles. The quantitative estimate of drug-likeness (QED) is 0.464. The zero-order valence-corrected chi connectivity index (χ0v) is 15.7. The lowest BCUT2D eigenvalue weighted by Crippen LogP contribution is -2.06. The van der Waals surface area contributed by atoms with E-state index < -0.39 is 0 Å². The lowest BCUT2D eigenvalue weighted by Gasteiger charge is -2.10. The average Bonchev–Trinajstić information content (AvgIpc) is 3.29. The summed E-state index contributed by atoms with van der Waals surface area (Å²) in [4.78, 5) is 33.0. The van der Waals surface area contributed by atoms with Crippen LogP contribution in [0.5, 0.6) is 11.9 Å². The number of hydrogen-bond donors (Lipinski definition) is 0. The van der Waals surface area contributed by atoms with E-state index in [1.54, 1.807) is 29.4 Å². The first-order chi connectivity index (χ1) is 14.2. The molecule has 0 radical (unpaired) electrons. The highest BCUT2D eigenvalue weighted by Crippen LogP contribution is 2.30. The molecule has 0 aliphatic heterocycles. The van der Waals surface area contributed by atoms with Crippen molar-refractivity contribution in [3.05, 3.63) is 73.0 Å². The normalized spacial score (nSPS) is 10.6. The van der Waals surface area contributed by atoms with Crippen LogP contribution in [0.1, 0.15) is 16.3 Å². The van der Waals surface area contributed by atoms with E-state index in [1.165, 1.54) is 26.6 Å². The lowest BCUT2D eigenvalue weighted by atomic mass is 10.1. The van der Waals surface area contributed by atoms with Crippen LogP contribution in [0, 0.1) is 0 Å². The number of methoxy groups -OCH3 is 2. The van der Waals surface area contributed by atoms with Gasteiger partial charge in [-0.15, -0.1) is 0 Å². The summed E-state index contributed by atoms with van der Waals surface area (Å²) in [6, 6.07) is 9.49. The molecule has 0 fully saturated rings. The van der Waals surface area contributed by atoms with Gasteiger partial charge in [0.2, 0.25) is 17.5 Å². The second kappa shape index (κ2) is 7.85. The molecule has 0 atom stereocenters. The van der Waals surface area contributed by atoms with Crippen molar-refractivity contribution >= 4 is 5.78 Å². The molecule has 9 heteroatoms. The highest BCUT2D eigenvalue weighted by molar-refractivity contribution is 6.04. The summed E-state index contributed by atoms with van der Waals surface area (Å²) >= 11 is 0. The molecule has 0 N–H and O–H groups in total. The molecule has 0 saturated carbocycles. The van der Waals surface area contributed by atoms with Gasteiger partial charge in [-0.25, -0.2) is 19.9 Å². The Hall–Kier alpha value is -4.14. The molecule has 0 bridgehead atoms. The second-order valence-electron chi connectivity index (χ2n) is 5.90. The number of rotatable bonds is 6. The third kappa shape index (κ3) is 3.65. The predicted octanol–water partition coefficient (Wildman–Crippen LogP) is 2.37. The van der Waals surface area contributed by atoms with Gasteiger partial charge in [0.25, 0.3) is 0 Å². The molecular formula is C20H16N6O3. The number of aromatic nitrogens is 6. The van der Waals surface area contributed by atoms with Crippen molar-refractivity contribution in [2.24, 2.45) is 0 Å². The average molecular weight is 388 g/mol. The topological polar surface area (TPSA) is 105 Å². The fourth-order valence-corrected chi connectivity index (χ4v) is 2.75. The van der Waals surface area contributed by atoms with Crippen LogP contribution in [0.3, 0.4) is 0 Å². The maximum absolute atomic E-state index is 12.5. The van der Waals surface area contributed by atoms with Crippen molar-refractivity contribution in [3.8, 4) is 28.7 Å².